The van der Waals surface area contributed by atoms with Gasteiger partial charge in [0.25, 0.3) is 0 Å². The van der Waals surface area contributed by atoms with E-state index in [1.165, 1.54) is 0 Å². The second-order valence-corrected chi connectivity index (χ2v) is 4.97. The molecule has 0 radical (unpaired) electrons. The third kappa shape index (κ3) is 4.50. The number of nitrogens with zero attached hydrogens (tertiary/aromatic N) is 3. The van der Waals surface area contributed by atoms with E-state index in [1.807, 2.05) is 31.2 Å². The van der Waals surface area contributed by atoms with Crippen molar-refractivity contribution in [2.45, 2.75) is 26.0 Å². The normalized spacial score (nSPS) is 11.5. The van der Waals surface area contributed by atoms with E-state index in [0.717, 1.165) is 5.56 Å². The molecule has 0 aliphatic rings. The van der Waals surface area contributed by atoms with Crippen molar-refractivity contribution in [1.29, 1.82) is 5.26 Å². The maximum absolute atomic E-state index is 8.93. The number of nitrogen functional groups attached to an aromatic ring is 1. The molecule has 2 rings (SSSR count). The predicted octanol–water partition coefficient (Wildman–Crippen LogP) is 3.01. The van der Waals surface area contributed by atoms with Gasteiger partial charge in [0.15, 0.2) is 6.10 Å². The highest BCUT2D eigenvalue weighted by molar-refractivity contribution is 6.29. The number of aromatic nitrogens is 2. The van der Waals surface area contributed by atoms with Crippen molar-refractivity contribution in [3.63, 3.8) is 0 Å². The number of nitriles is 1. The highest BCUT2D eigenvalue weighted by Crippen LogP contribution is 2.18. The van der Waals surface area contributed by atoms with Crippen molar-refractivity contribution < 1.29 is 4.74 Å². The van der Waals surface area contributed by atoms with Crippen LogP contribution in [0.2, 0.25) is 5.15 Å². The second kappa shape index (κ2) is 7.48. The fourth-order valence-electron chi connectivity index (χ4n) is 1.81. The largest absolute Gasteiger partial charge is 0.476 e. The molecule has 0 spiro atoms. The Kier molecular flexibility index (Phi) is 5.39. The van der Waals surface area contributed by atoms with Gasteiger partial charge in [-0.15, -0.1) is 0 Å². The van der Waals surface area contributed by atoms with E-state index in [1.54, 1.807) is 6.07 Å². The first-order valence-corrected chi connectivity index (χ1v) is 7.17. The lowest BCUT2D eigenvalue weighted by molar-refractivity contribution is 0.251. The SMILES string of the molecule is CCC(C#N)Oc1cccc(CNc2cc(Cl)nc(N)n2)c1. The molecule has 0 amide bonds. The van der Waals surface area contributed by atoms with Crippen molar-refractivity contribution in [3.8, 4) is 11.8 Å². The molecule has 0 saturated carbocycles. The maximum atomic E-state index is 8.93. The molecule has 114 valence electrons. The number of halogens is 1. The van der Waals surface area contributed by atoms with Crippen LogP contribution in [0.3, 0.4) is 0 Å². The molecule has 6 nitrogen and oxygen atoms in total. The van der Waals surface area contributed by atoms with Crippen LogP contribution in [0.4, 0.5) is 11.8 Å². The summed E-state index contributed by atoms with van der Waals surface area (Å²) in [6.07, 6.45) is 0.196. The Bertz CT molecular complexity index is 666. The first-order chi connectivity index (χ1) is 10.6. The van der Waals surface area contributed by atoms with Gasteiger partial charge in [0.05, 0.1) is 0 Å². The van der Waals surface area contributed by atoms with Crippen LogP contribution in [0.25, 0.3) is 0 Å². The van der Waals surface area contributed by atoms with Crippen LogP contribution in [0.15, 0.2) is 30.3 Å². The van der Waals surface area contributed by atoms with Gasteiger partial charge < -0.3 is 15.8 Å². The van der Waals surface area contributed by atoms with Crippen LogP contribution in [0.5, 0.6) is 5.75 Å². The van der Waals surface area contributed by atoms with Gasteiger partial charge in [0.2, 0.25) is 5.95 Å². The minimum atomic E-state index is -0.441. The molecule has 1 heterocycles. The number of nitrogens with one attached hydrogen (secondary N) is 1. The molecule has 1 aromatic heterocycles. The highest BCUT2D eigenvalue weighted by Gasteiger charge is 2.06. The number of ether oxygens (including phenoxy) is 1. The summed E-state index contributed by atoms with van der Waals surface area (Å²) in [5.41, 5.74) is 6.53. The summed E-state index contributed by atoms with van der Waals surface area (Å²) < 4.78 is 5.59. The predicted molar refractivity (Wildman–Crippen MR) is 85.5 cm³/mol. The van der Waals surface area contributed by atoms with Gasteiger partial charge >= 0.3 is 0 Å². The Morgan fingerprint density at radius 2 is 2.23 bits per heavy atom. The minimum absolute atomic E-state index is 0.117. The molecule has 2 aromatic rings. The Balaban J connectivity index is 2.02. The van der Waals surface area contributed by atoms with Crippen LogP contribution in [0, 0.1) is 11.3 Å². The molecular weight excluding hydrogens is 302 g/mol. The van der Waals surface area contributed by atoms with E-state index in [2.05, 4.69) is 21.4 Å². The fourth-order valence-corrected chi connectivity index (χ4v) is 2.00. The molecule has 0 saturated heterocycles. The number of anilines is 2. The number of rotatable bonds is 6. The zero-order valence-corrected chi connectivity index (χ0v) is 12.8. The zero-order chi connectivity index (χ0) is 15.9. The summed E-state index contributed by atoms with van der Waals surface area (Å²) in [4.78, 5) is 7.84. The lowest BCUT2D eigenvalue weighted by Crippen LogP contribution is -2.12. The van der Waals surface area contributed by atoms with E-state index in [-0.39, 0.29) is 11.1 Å². The first-order valence-electron chi connectivity index (χ1n) is 6.80. The van der Waals surface area contributed by atoms with E-state index < -0.39 is 6.10 Å². The van der Waals surface area contributed by atoms with Gasteiger partial charge in [-0.25, -0.2) is 4.98 Å². The fraction of sp³-hybridized carbons (Fsp3) is 0.267. The second-order valence-electron chi connectivity index (χ2n) is 4.58. The number of nitrogens with two attached hydrogens (primary N) is 1. The zero-order valence-electron chi connectivity index (χ0n) is 12.1. The maximum Gasteiger partial charge on any atom is 0.223 e. The van der Waals surface area contributed by atoms with Crippen molar-refractivity contribution in [2.75, 3.05) is 11.1 Å². The molecule has 3 N–H and O–H groups in total. The van der Waals surface area contributed by atoms with Gasteiger partial charge in [0.1, 0.15) is 22.8 Å². The summed E-state index contributed by atoms with van der Waals surface area (Å²) in [7, 11) is 0. The average Bonchev–Trinajstić information content (AvgIpc) is 2.50. The highest BCUT2D eigenvalue weighted by atomic mass is 35.5. The quantitative estimate of drug-likeness (QED) is 0.795. The molecule has 0 aliphatic carbocycles. The van der Waals surface area contributed by atoms with Gasteiger partial charge in [-0.3, -0.25) is 0 Å². The molecular formula is C15H16ClN5O. The lowest BCUT2D eigenvalue weighted by Gasteiger charge is -2.12. The smallest absolute Gasteiger partial charge is 0.223 e. The van der Waals surface area contributed by atoms with E-state index in [9.17, 15) is 0 Å². The summed E-state index contributed by atoms with van der Waals surface area (Å²) in [5, 5.41) is 12.3. The monoisotopic (exact) mass is 317 g/mol. The molecule has 1 unspecified atom stereocenters. The summed E-state index contributed by atoms with van der Waals surface area (Å²) >= 11 is 5.82. The van der Waals surface area contributed by atoms with Crippen molar-refractivity contribution in [1.82, 2.24) is 9.97 Å². The van der Waals surface area contributed by atoms with Crippen molar-refractivity contribution in [3.05, 3.63) is 41.0 Å². The topological polar surface area (TPSA) is 96.8 Å². The van der Waals surface area contributed by atoms with E-state index in [4.69, 9.17) is 27.3 Å². The Morgan fingerprint density at radius 3 is 2.91 bits per heavy atom. The standard InChI is InChI=1S/C15H16ClN5O/c1-2-11(8-17)22-12-5-3-4-10(6-12)9-19-14-7-13(16)20-15(18)21-14/h3-7,11H,2,9H2,1H3,(H3,18,19,20,21). The van der Waals surface area contributed by atoms with Gasteiger partial charge in [-0.05, 0) is 24.1 Å². The molecule has 0 fully saturated rings. The summed E-state index contributed by atoms with van der Waals surface area (Å²) in [5.74, 6) is 1.33. The van der Waals surface area contributed by atoms with Crippen molar-refractivity contribution >= 4 is 23.4 Å². The van der Waals surface area contributed by atoms with Gasteiger partial charge in [0, 0.05) is 12.6 Å². The Morgan fingerprint density at radius 1 is 1.41 bits per heavy atom. The molecule has 7 heteroatoms. The van der Waals surface area contributed by atoms with Crippen LogP contribution in [0.1, 0.15) is 18.9 Å². The molecule has 0 aliphatic heterocycles. The first kappa shape index (κ1) is 15.9. The third-order valence-electron chi connectivity index (χ3n) is 2.88. The summed E-state index contributed by atoms with van der Waals surface area (Å²) in [6.45, 7) is 2.43. The van der Waals surface area contributed by atoms with Crippen LogP contribution in [-0.4, -0.2) is 16.1 Å². The number of hydrogen-bond donors (Lipinski definition) is 2. The molecule has 0 bridgehead atoms. The summed E-state index contributed by atoms with van der Waals surface area (Å²) in [6, 6.07) is 11.2. The lowest BCUT2D eigenvalue weighted by atomic mass is 10.2. The van der Waals surface area contributed by atoms with E-state index >= 15 is 0 Å². The van der Waals surface area contributed by atoms with Gasteiger partial charge in [-0.1, -0.05) is 30.7 Å². The third-order valence-corrected chi connectivity index (χ3v) is 3.07. The van der Waals surface area contributed by atoms with Crippen LogP contribution >= 0.6 is 11.6 Å². The molecule has 1 atom stereocenters. The molecule has 1 aromatic carbocycles. The Labute approximate surface area is 133 Å². The number of benzene rings is 1. The van der Waals surface area contributed by atoms with Crippen LogP contribution in [-0.2, 0) is 6.54 Å². The van der Waals surface area contributed by atoms with Crippen molar-refractivity contribution in [2.24, 2.45) is 0 Å². The number of hydrogen-bond acceptors (Lipinski definition) is 6. The molecule has 22 heavy (non-hydrogen) atoms. The van der Waals surface area contributed by atoms with Gasteiger partial charge in [-0.2, -0.15) is 10.2 Å². The van der Waals surface area contributed by atoms with Crippen LogP contribution < -0.4 is 15.8 Å². The van der Waals surface area contributed by atoms with E-state index in [0.29, 0.717) is 24.5 Å². The average molecular weight is 318 g/mol. The Hall–Kier alpha value is -2.52. The minimum Gasteiger partial charge on any atom is -0.476 e.